The van der Waals surface area contributed by atoms with Crippen LogP contribution in [0.1, 0.15) is 73.8 Å². The van der Waals surface area contributed by atoms with Gasteiger partial charge in [0.05, 0.1) is 12.1 Å². The number of rotatable bonds is 13. The normalized spacial score (nSPS) is 16.2. The van der Waals surface area contributed by atoms with Crippen LogP contribution in [0.4, 0.5) is 0 Å². The van der Waals surface area contributed by atoms with Crippen molar-refractivity contribution in [2.45, 2.75) is 104 Å². The van der Waals surface area contributed by atoms with Gasteiger partial charge in [-0.15, -0.1) is 0 Å². The second kappa shape index (κ2) is 12.6. The standard InChI is InChI=1S/C28H43NO4Si/c1-19(2)26(33-34(20(3)4,21(5)6)22(7)8)17-16-25(30)27(29-24-14-15-24)28(31)32-18-23-12-10-9-11-13-23/h9-13,16-17,19-22,24,26H,14-15,18H2,1-8H3/b17-16+,29-27?/t26-/m0/s1. The summed E-state index contributed by atoms with van der Waals surface area (Å²) in [5, 5.41) is 0. The minimum atomic E-state index is -2.13. The van der Waals surface area contributed by atoms with Gasteiger partial charge >= 0.3 is 5.97 Å². The fourth-order valence-electron chi connectivity index (χ4n) is 4.70. The second-order valence-corrected chi connectivity index (χ2v) is 16.0. The van der Waals surface area contributed by atoms with Crippen LogP contribution in [0.2, 0.25) is 16.6 Å². The van der Waals surface area contributed by atoms with Crippen LogP contribution in [-0.4, -0.2) is 37.9 Å². The van der Waals surface area contributed by atoms with Gasteiger partial charge in [-0.3, -0.25) is 9.79 Å². The predicted molar refractivity (Wildman–Crippen MR) is 142 cm³/mol. The molecule has 1 fully saturated rings. The van der Waals surface area contributed by atoms with E-state index in [0.717, 1.165) is 18.4 Å². The van der Waals surface area contributed by atoms with Gasteiger partial charge in [-0.25, -0.2) is 4.79 Å². The molecule has 0 aliphatic heterocycles. The Kier molecular flexibility index (Phi) is 10.4. The van der Waals surface area contributed by atoms with Gasteiger partial charge in [0.25, 0.3) is 0 Å². The van der Waals surface area contributed by atoms with Gasteiger partial charge in [-0.05, 0) is 47.0 Å². The van der Waals surface area contributed by atoms with Crippen molar-refractivity contribution in [3.8, 4) is 0 Å². The average molecular weight is 486 g/mol. The van der Waals surface area contributed by atoms with E-state index in [9.17, 15) is 9.59 Å². The van der Waals surface area contributed by atoms with E-state index in [4.69, 9.17) is 9.16 Å². The van der Waals surface area contributed by atoms with Crippen LogP contribution in [-0.2, 0) is 25.4 Å². The van der Waals surface area contributed by atoms with Crippen molar-refractivity contribution in [2.24, 2.45) is 10.9 Å². The lowest BCUT2D eigenvalue weighted by Crippen LogP contribution is -2.50. The maximum atomic E-state index is 13.1. The quantitative estimate of drug-likeness (QED) is 0.103. The Balaban J connectivity index is 2.20. The Hall–Kier alpha value is -2.05. The van der Waals surface area contributed by atoms with E-state index >= 15 is 0 Å². The van der Waals surface area contributed by atoms with Crippen molar-refractivity contribution in [3.63, 3.8) is 0 Å². The van der Waals surface area contributed by atoms with E-state index in [-0.39, 0.29) is 30.4 Å². The summed E-state index contributed by atoms with van der Waals surface area (Å²) < 4.78 is 12.3. The molecule has 34 heavy (non-hydrogen) atoms. The van der Waals surface area contributed by atoms with Crippen molar-refractivity contribution in [1.82, 2.24) is 0 Å². The van der Waals surface area contributed by atoms with Crippen molar-refractivity contribution in [1.29, 1.82) is 0 Å². The Morgan fingerprint density at radius 1 is 0.971 bits per heavy atom. The highest BCUT2D eigenvalue weighted by Gasteiger charge is 2.46. The van der Waals surface area contributed by atoms with Gasteiger partial charge in [0.1, 0.15) is 6.61 Å². The summed E-state index contributed by atoms with van der Waals surface area (Å²) in [4.78, 5) is 30.2. The summed E-state index contributed by atoms with van der Waals surface area (Å²) in [5.41, 5.74) is 2.08. The lowest BCUT2D eigenvalue weighted by atomic mass is 10.1. The third-order valence-corrected chi connectivity index (χ3v) is 12.7. The third kappa shape index (κ3) is 7.47. The molecule has 0 radical (unpaired) electrons. The Labute approximate surface area is 207 Å². The lowest BCUT2D eigenvalue weighted by Gasteiger charge is -2.45. The van der Waals surface area contributed by atoms with Crippen molar-refractivity contribution in [2.75, 3.05) is 0 Å². The molecule has 188 valence electrons. The minimum absolute atomic E-state index is 0.0386. The molecule has 0 spiro atoms. The van der Waals surface area contributed by atoms with Crippen LogP contribution in [0.25, 0.3) is 0 Å². The van der Waals surface area contributed by atoms with E-state index in [0.29, 0.717) is 16.6 Å². The zero-order valence-electron chi connectivity index (χ0n) is 22.2. The number of ether oxygens (including phenoxy) is 1. The molecular weight excluding hydrogens is 442 g/mol. The molecule has 5 nitrogen and oxygen atoms in total. The van der Waals surface area contributed by atoms with E-state index in [2.05, 4.69) is 60.4 Å². The fourth-order valence-corrected chi connectivity index (χ4v) is 10.3. The van der Waals surface area contributed by atoms with Gasteiger partial charge in [0.2, 0.25) is 14.1 Å². The number of esters is 1. The first-order chi connectivity index (χ1) is 16.0. The number of ketones is 1. The first-order valence-electron chi connectivity index (χ1n) is 12.7. The summed E-state index contributed by atoms with van der Waals surface area (Å²) in [6.07, 6.45) is 4.89. The topological polar surface area (TPSA) is 65.0 Å². The first-order valence-corrected chi connectivity index (χ1v) is 14.8. The molecule has 1 aromatic carbocycles. The number of carbonyl (C=O) groups excluding carboxylic acids is 2. The summed E-state index contributed by atoms with van der Waals surface area (Å²) in [6, 6.07) is 9.48. The molecule has 1 saturated carbocycles. The molecule has 0 bridgehead atoms. The summed E-state index contributed by atoms with van der Waals surface area (Å²) in [5.74, 6) is -0.881. The number of allylic oxidation sites excluding steroid dienone is 1. The maximum absolute atomic E-state index is 13.1. The number of carbonyl (C=O) groups is 2. The van der Waals surface area contributed by atoms with Crippen molar-refractivity contribution in [3.05, 3.63) is 48.0 Å². The summed E-state index contributed by atoms with van der Waals surface area (Å²) in [7, 11) is -2.13. The Morgan fingerprint density at radius 2 is 1.53 bits per heavy atom. The molecule has 0 N–H and O–H groups in total. The van der Waals surface area contributed by atoms with Gasteiger partial charge in [-0.1, -0.05) is 91.8 Å². The van der Waals surface area contributed by atoms with Gasteiger partial charge in [-0.2, -0.15) is 0 Å². The molecule has 0 saturated heterocycles. The van der Waals surface area contributed by atoms with Gasteiger partial charge in [0, 0.05) is 0 Å². The summed E-state index contributed by atoms with van der Waals surface area (Å²) >= 11 is 0. The zero-order valence-corrected chi connectivity index (χ0v) is 23.2. The van der Waals surface area contributed by atoms with E-state index in [1.807, 2.05) is 36.4 Å². The van der Waals surface area contributed by atoms with E-state index in [1.54, 1.807) is 0 Å². The van der Waals surface area contributed by atoms with Crippen LogP contribution in [0.5, 0.6) is 0 Å². The molecule has 1 atom stereocenters. The van der Waals surface area contributed by atoms with Crippen molar-refractivity contribution >= 4 is 25.8 Å². The fraction of sp³-hybridized carbons (Fsp3) is 0.607. The smallest absolute Gasteiger partial charge is 0.360 e. The molecule has 1 aromatic rings. The monoisotopic (exact) mass is 485 g/mol. The maximum Gasteiger partial charge on any atom is 0.360 e. The van der Waals surface area contributed by atoms with Crippen LogP contribution < -0.4 is 0 Å². The number of hydrogen-bond donors (Lipinski definition) is 0. The average Bonchev–Trinajstić information content (AvgIpc) is 3.59. The van der Waals surface area contributed by atoms with Crippen LogP contribution in [0.15, 0.2) is 47.5 Å². The number of benzene rings is 1. The highest BCUT2D eigenvalue weighted by molar-refractivity contribution is 6.77. The Bertz CT molecular complexity index is 848. The molecule has 0 amide bonds. The van der Waals surface area contributed by atoms with E-state index in [1.165, 1.54) is 6.08 Å². The molecule has 1 aliphatic carbocycles. The first kappa shape index (κ1) is 28.2. The SMILES string of the molecule is CC(C)[C@H](/C=C/C(=O)C(=NC1CC1)C(=O)OCc1ccccc1)O[Si](C(C)C)(C(C)C)C(C)C. The number of nitrogens with zero attached hydrogens (tertiary/aromatic N) is 1. The van der Waals surface area contributed by atoms with Crippen molar-refractivity contribution < 1.29 is 18.8 Å². The Morgan fingerprint density at radius 3 is 2.00 bits per heavy atom. The number of aliphatic imine (C=N–C) groups is 1. The minimum Gasteiger partial charge on any atom is -0.456 e. The predicted octanol–water partition coefficient (Wildman–Crippen LogP) is 6.68. The molecule has 0 aromatic heterocycles. The van der Waals surface area contributed by atoms with Crippen LogP contribution >= 0.6 is 0 Å². The molecule has 0 unspecified atom stereocenters. The second-order valence-electron chi connectivity index (χ2n) is 10.6. The van der Waals surface area contributed by atoms with Gasteiger partial charge in [0.15, 0.2) is 5.71 Å². The van der Waals surface area contributed by atoms with E-state index < -0.39 is 20.1 Å². The highest BCUT2D eigenvalue weighted by Crippen LogP contribution is 2.43. The van der Waals surface area contributed by atoms with Crippen LogP contribution in [0.3, 0.4) is 0 Å². The van der Waals surface area contributed by atoms with Crippen LogP contribution in [0, 0.1) is 5.92 Å². The summed E-state index contributed by atoms with van der Waals surface area (Å²) in [6.45, 7) is 17.8. The molecule has 2 rings (SSSR count). The molecule has 6 heteroatoms. The largest absolute Gasteiger partial charge is 0.456 e. The molecule has 1 aliphatic rings. The highest BCUT2D eigenvalue weighted by atomic mass is 28.4. The third-order valence-electron chi connectivity index (χ3n) is 6.64. The van der Waals surface area contributed by atoms with Gasteiger partial charge < -0.3 is 9.16 Å². The molecule has 0 heterocycles. The number of hydrogen-bond acceptors (Lipinski definition) is 5. The lowest BCUT2D eigenvalue weighted by molar-refractivity contribution is -0.137. The zero-order chi connectivity index (χ0) is 25.5. The molecular formula is C28H43NO4Si.